The van der Waals surface area contributed by atoms with Gasteiger partial charge in [0.05, 0.1) is 23.6 Å². The molecule has 5 heteroatoms. The van der Waals surface area contributed by atoms with Crippen molar-refractivity contribution in [3.8, 4) is 0 Å². The third-order valence-electron chi connectivity index (χ3n) is 3.06. The van der Waals surface area contributed by atoms with Crippen LogP contribution in [0.4, 0.5) is 15.9 Å². The van der Waals surface area contributed by atoms with Crippen molar-refractivity contribution >= 4 is 11.5 Å². The molecule has 0 saturated carbocycles. The van der Waals surface area contributed by atoms with Gasteiger partial charge in [0.2, 0.25) is 0 Å². The number of hydrogen-bond donors (Lipinski definition) is 1. The number of nitrogens with one attached hydrogen (secondary N) is 1. The van der Waals surface area contributed by atoms with Crippen molar-refractivity contribution < 1.29 is 4.39 Å². The highest BCUT2D eigenvalue weighted by Crippen LogP contribution is 2.26. The second-order valence-electron chi connectivity index (χ2n) is 4.78. The highest BCUT2D eigenvalue weighted by atomic mass is 19.1. The number of anilines is 2. The Morgan fingerprint density at radius 2 is 2.05 bits per heavy atom. The first-order valence-electron chi connectivity index (χ1n) is 6.62. The molecule has 20 heavy (non-hydrogen) atoms. The van der Waals surface area contributed by atoms with Crippen LogP contribution in [0.5, 0.6) is 0 Å². The molecular weight excluding hydrogens is 255 g/mol. The maximum Gasteiger partial charge on any atom is 0.151 e. The zero-order valence-corrected chi connectivity index (χ0v) is 12.0. The number of nitrogens with zero attached hydrogens (tertiary/aromatic N) is 3. The summed E-state index contributed by atoms with van der Waals surface area (Å²) >= 11 is 0. The van der Waals surface area contributed by atoms with Gasteiger partial charge in [-0.25, -0.2) is 9.37 Å². The van der Waals surface area contributed by atoms with Crippen LogP contribution in [0, 0.1) is 5.82 Å². The van der Waals surface area contributed by atoms with E-state index in [1.165, 1.54) is 12.3 Å². The van der Waals surface area contributed by atoms with E-state index in [1.54, 1.807) is 12.3 Å². The van der Waals surface area contributed by atoms with Gasteiger partial charge >= 0.3 is 0 Å². The Morgan fingerprint density at radius 1 is 1.25 bits per heavy atom. The minimum absolute atomic E-state index is 0.0264. The molecule has 4 nitrogen and oxygen atoms in total. The number of hydrogen-bond acceptors (Lipinski definition) is 4. The molecule has 0 aliphatic heterocycles. The molecule has 2 aromatic heterocycles. The lowest BCUT2D eigenvalue weighted by Gasteiger charge is -2.22. The Labute approximate surface area is 118 Å². The maximum atomic E-state index is 13.0. The first-order chi connectivity index (χ1) is 9.61. The summed E-state index contributed by atoms with van der Waals surface area (Å²) in [7, 11) is 3.90. The van der Waals surface area contributed by atoms with E-state index in [1.807, 2.05) is 31.1 Å². The molecule has 2 aromatic rings. The van der Waals surface area contributed by atoms with Gasteiger partial charge < -0.3 is 10.2 Å². The number of pyridine rings is 2. The van der Waals surface area contributed by atoms with E-state index < -0.39 is 0 Å². The lowest BCUT2D eigenvalue weighted by Crippen LogP contribution is -2.17. The van der Waals surface area contributed by atoms with E-state index in [0.29, 0.717) is 0 Å². The molecule has 106 valence electrons. The maximum absolute atomic E-state index is 13.0. The van der Waals surface area contributed by atoms with Gasteiger partial charge in [0.25, 0.3) is 0 Å². The van der Waals surface area contributed by atoms with E-state index >= 15 is 0 Å². The quantitative estimate of drug-likeness (QED) is 0.908. The highest BCUT2D eigenvalue weighted by Gasteiger charge is 2.14. The molecule has 1 N–H and O–H groups in total. The Hall–Kier alpha value is -2.17. The number of halogens is 1. The summed E-state index contributed by atoms with van der Waals surface area (Å²) in [4.78, 5) is 10.5. The van der Waals surface area contributed by atoms with Crippen LogP contribution in [0.15, 0.2) is 36.7 Å². The van der Waals surface area contributed by atoms with E-state index in [2.05, 4.69) is 22.2 Å². The standard InChI is InChI=1S/C15H19FN4/c1-4-12(13-8-7-11(16)10-18-13)19-14-6-5-9-17-15(14)20(2)3/h5-10,12,19H,4H2,1-3H3. The molecule has 0 spiro atoms. The van der Waals surface area contributed by atoms with Crippen molar-refractivity contribution in [2.75, 3.05) is 24.3 Å². The molecule has 0 fully saturated rings. The van der Waals surface area contributed by atoms with Crippen LogP contribution >= 0.6 is 0 Å². The molecule has 0 aliphatic carbocycles. The second-order valence-corrected chi connectivity index (χ2v) is 4.78. The SMILES string of the molecule is CCC(Nc1cccnc1N(C)C)c1ccc(F)cn1. The Bertz CT molecular complexity index is 554. The van der Waals surface area contributed by atoms with Gasteiger partial charge in [-0.05, 0) is 30.7 Å². The van der Waals surface area contributed by atoms with E-state index in [4.69, 9.17) is 0 Å². The molecule has 0 aliphatic rings. The smallest absolute Gasteiger partial charge is 0.151 e. The highest BCUT2D eigenvalue weighted by molar-refractivity contribution is 5.65. The van der Waals surface area contributed by atoms with Crippen LogP contribution in [-0.4, -0.2) is 24.1 Å². The first-order valence-corrected chi connectivity index (χ1v) is 6.62. The molecule has 2 rings (SSSR count). The Kier molecular flexibility index (Phi) is 4.50. The number of aromatic nitrogens is 2. The third-order valence-corrected chi connectivity index (χ3v) is 3.06. The summed E-state index contributed by atoms with van der Waals surface area (Å²) in [5, 5.41) is 3.43. The molecule has 1 atom stereocenters. The van der Waals surface area contributed by atoms with Gasteiger partial charge in [-0.3, -0.25) is 4.98 Å². The van der Waals surface area contributed by atoms with Crippen molar-refractivity contribution in [2.45, 2.75) is 19.4 Å². The zero-order valence-electron chi connectivity index (χ0n) is 12.0. The molecule has 0 amide bonds. The summed E-state index contributed by atoms with van der Waals surface area (Å²) in [5.74, 6) is 0.548. The number of rotatable bonds is 5. The van der Waals surface area contributed by atoms with Gasteiger partial charge in [-0.1, -0.05) is 6.92 Å². The monoisotopic (exact) mass is 274 g/mol. The van der Waals surface area contributed by atoms with Crippen molar-refractivity contribution in [1.29, 1.82) is 0 Å². The van der Waals surface area contributed by atoms with Crippen LogP contribution in [-0.2, 0) is 0 Å². The summed E-state index contributed by atoms with van der Waals surface area (Å²) in [5.41, 5.74) is 1.76. The lowest BCUT2D eigenvalue weighted by molar-refractivity contribution is 0.614. The summed E-state index contributed by atoms with van der Waals surface area (Å²) in [6.07, 6.45) is 3.85. The Balaban J connectivity index is 2.24. The predicted octanol–water partition coefficient (Wildman–Crippen LogP) is 3.24. The fourth-order valence-electron chi connectivity index (χ4n) is 2.03. The van der Waals surface area contributed by atoms with Gasteiger partial charge in [0, 0.05) is 20.3 Å². The van der Waals surface area contributed by atoms with Gasteiger partial charge in [0.1, 0.15) is 5.82 Å². The minimum Gasteiger partial charge on any atom is -0.374 e. The van der Waals surface area contributed by atoms with Crippen LogP contribution in [0.1, 0.15) is 25.1 Å². The van der Waals surface area contributed by atoms with E-state index in [9.17, 15) is 4.39 Å². The van der Waals surface area contributed by atoms with Gasteiger partial charge in [-0.2, -0.15) is 0 Å². The van der Waals surface area contributed by atoms with E-state index in [0.717, 1.165) is 23.6 Å². The lowest BCUT2D eigenvalue weighted by atomic mass is 10.1. The van der Waals surface area contributed by atoms with Gasteiger partial charge in [-0.15, -0.1) is 0 Å². The summed E-state index contributed by atoms with van der Waals surface area (Å²) in [6.45, 7) is 2.06. The van der Waals surface area contributed by atoms with Crippen molar-refractivity contribution in [3.05, 3.63) is 48.2 Å². The second kappa shape index (κ2) is 6.32. The molecule has 2 heterocycles. The molecule has 0 aromatic carbocycles. The fraction of sp³-hybridized carbons (Fsp3) is 0.333. The van der Waals surface area contributed by atoms with Crippen LogP contribution in [0.2, 0.25) is 0 Å². The largest absolute Gasteiger partial charge is 0.374 e. The average Bonchev–Trinajstić information content (AvgIpc) is 2.46. The molecule has 0 bridgehead atoms. The van der Waals surface area contributed by atoms with Crippen molar-refractivity contribution in [3.63, 3.8) is 0 Å². The summed E-state index contributed by atoms with van der Waals surface area (Å²) < 4.78 is 13.0. The average molecular weight is 274 g/mol. The Morgan fingerprint density at radius 3 is 2.65 bits per heavy atom. The topological polar surface area (TPSA) is 41.1 Å². The molecular formula is C15H19FN4. The summed E-state index contributed by atoms with van der Waals surface area (Å²) in [6, 6.07) is 7.04. The van der Waals surface area contributed by atoms with Gasteiger partial charge in [0.15, 0.2) is 5.82 Å². The van der Waals surface area contributed by atoms with Crippen LogP contribution < -0.4 is 10.2 Å². The molecule has 0 radical (unpaired) electrons. The normalized spacial score (nSPS) is 12.0. The van der Waals surface area contributed by atoms with Crippen molar-refractivity contribution in [2.24, 2.45) is 0 Å². The molecule has 1 unspecified atom stereocenters. The van der Waals surface area contributed by atoms with Crippen LogP contribution in [0.25, 0.3) is 0 Å². The van der Waals surface area contributed by atoms with Crippen LogP contribution in [0.3, 0.4) is 0 Å². The first kappa shape index (κ1) is 14.2. The predicted molar refractivity (Wildman–Crippen MR) is 79.4 cm³/mol. The minimum atomic E-state index is -0.320. The molecule has 0 saturated heterocycles. The van der Waals surface area contributed by atoms with E-state index in [-0.39, 0.29) is 11.9 Å². The third kappa shape index (κ3) is 3.23. The fourth-order valence-corrected chi connectivity index (χ4v) is 2.03. The van der Waals surface area contributed by atoms with Crippen molar-refractivity contribution in [1.82, 2.24) is 9.97 Å². The zero-order chi connectivity index (χ0) is 14.5.